The van der Waals surface area contributed by atoms with Crippen molar-refractivity contribution in [3.05, 3.63) is 31.8 Å². The first-order chi connectivity index (χ1) is 16.1. The van der Waals surface area contributed by atoms with Crippen LogP contribution in [-0.2, 0) is 31.1 Å². The standard InChI is InChI=1S/C25H31N5OS3/c1-7-16-14(2)32-12-19(16)22-28-29-24(30(22)6)33-13-21(31)27-23-18(11-26)17-9-8-15(25(3,4)5)10-20(17)34-23/h12,15H,7-10,13H2,1-6H3,(H,27,31). The summed E-state index contributed by atoms with van der Waals surface area (Å²) >= 11 is 4.66. The Morgan fingerprint density at radius 3 is 2.82 bits per heavy atom. The number of thioether (sulfide) groups is 1. The summed E-state index contributed by atoms with van der Waals surface area (Å²) in [5.74, 6) is 1.51. The lowest BCUT2D eigenvalue weighted by atomic mass is 9.72. The molecule has 9 heteroatoms. The summed E-state index contributed by atoms with van der Waals surface area (Å²) in [7, 11) is 1.94. The fraction of sp³-hybridized carbons (Fsp3) is 0.520. The Bertz CT molecular complexity index is 1250. The van der Waals surface area contributed by atoms with Crippen LogP contribution in [0.3, 0.4) is 0 Å². The molecule has 0 spiro atoms. The summed E-state index contributed by atoms with van der Waals surface area (Å²) in [4.78, 5) is 15.3. The number of anilines is 1. The quantitative estimate of drug-likeness (QED) is 0.395. The zero-order valence-corrected chi connectivity index (χ0v) is 23.1. The van der Waals surface area contributed by atoms with Crippen LogP contribution in [0.25, 0.3) is 11.4 Å². The van der Waals surface area contributed by atoms with Crippen molar-refractivity contribution in [1.82, 2.24) is 14.8 Å². The molecule has 1 aliphatic rings. The Balaban J connectivity index is 1.44. The van der Waals surface area contributed by atoms with Crippen molar-refractivity contribution in [1.29, 1.82) is 5.26 Å². The molecule has 3 heterocycles. The van der Waals surface area contributed by atoms with Gasteiger partial charge < -0.3 is 9.88 Å². The lowest BCUT2D eigenvalue weighted by molar-refractivity contribution is -0.113. The molecule has 4 rings (SSSR count). The molecule has 1 N–H and O–H groups in total. The first-order valence-corrected chi connectivity index (χ1v) is 14.3. The number of hydrogen-bond acceptors (Lipinski definition) is 7. The number of nitrogens with one attached hydrogen (secondary N) is 1. The van der Waals surface area contributed by atoms with E-state index in [1.807, 2.05) is 11.6 Å². The van der Waals surface area contributed by atoms with Crippen molar-refractivity contribution in [2.45, 2.75) is 65.5 Å². The molecular formula is C25H31N5OS3. The van der Waals surface area contributed by atoms with Gasteiger partial charge in [0.2, 0.25) is 5.91 Å². The van der Waals surface area contributed by atoms with E-state index in [4.69, 9.17) is 0 Å². The molecule has 0 aromatic carbocycles. The minimum absolute atomic E-state index is 0.127. The molecule has 0 saturated carbocycles. The first-order valence-electron chi connectivity index (χ1n) is 11.6. The van der Waals surface area contributed by atoms with Crippen LogP contribution in [0.5, 0.6) is 0 Å². The number of carbonyl (C=O) groups is 1. The highest BCUT2D eigenvalue weighted by atomic mass is 32.2. The summed E-state index contributed by atoms with van der Waals surface area (Å²) in [5, 5.41) is 25.0. The van der Waals surface area contributed by atoms with Crippen molar-refractivity contribution in [3.63, 3.8) is 0 Å². The van der Waals surface area contributed by atoms with Crippen molar-refractivity contribution in [2.24, 2.45) is 18.4 Å². The number of nitrogens with zero attached hydrogens (tertiary/aromatic N) is 4. The average molecular weight is 514 g/mol. The van der Waals surface area contributed by atoms with Gasteiger partial charge in [0.05, 0.1) is 11.3 Å². The number of rotatable bonds is 6. The number of aromatic nitrogens is 3. The number of carbonyl (C=O) groups excluding carboxylic acids is 1. The van der Waals surface area contributed by atoms with E-state index in [1.54, 1.807) is 22.7 Å². The molecular weight excluding hydrogens is 483 g/mol. The predicted octanol–water partition coefficient (Wildman–Crippen LogP) is 6.23. The predicted molar refractivity (Wildman–Crippen MR) is 142 cm³/mol. The van der Waals surface area contributed by atoms with Crippen LogP contribution >= 0.6 is 34.4 Å². The Hall–Kier alpha value is -2.15. The Labute approximate surface area is 213 Å². The second-order valence-electron chi connectivity index (χ2n) is 9.87. The van der Waals surface area contributed by atoms with Crippen LogP contribution in [0.1, 0.15) is 60.6 Å². The molecule has 0 fully saturated rings. The molecule has 180 valence electrons. The second kappa shape index (κ2) is 9.84. The lowest BCUT2D eigenvalue weighted by Gasteiger charge is -2.33. The maximum atomic E-state index is 12.8. The summed E-state index contributed by atoms with van der Waals surface area (Å²) < 4.78 is 1.95. The number of hydrogen-bond donors (Lipinski definition) is 1. The second-order valence-corrected chi connectivity index (χ2v) is 13.0. The summed E-state index contributed by atoms with van der Waals surface area (Å²) in [6.07, 6.45) is 3.92. The Kier molecular flexibility index (Phi) is 7.22. The van der Waals surface area contributed by atoms with Gasteiger partial charge in [-0.1, -0.05) is 39.5 Å². The van der Waals surface area contributed by atoms with Gasteiger partial charge in [-0.25, -0.2) is 0 Å². The lowest BCUT2D eigenvalue weighted by Crippen LogP contribution is -2.26. The van der Waals surface area contributed by atoms with E-state index < -0.39 is 0 Å². The van der Waals surface area contributed by atoms with E-state index in [-0.39, 0.29) is 17.1 Å². The van der Waals surface area contributed by atoms with E-state index in [2.05, 4.69) is 61.6 Å². The zero-order valence-electron chi connectivity index (χ0n) is 20.6. The van der Waals surface area contributed by atoms with Crippen molar-refractivity contribution < 1.29 is 4.79 Å². The molecule has 34 heavy (non-hydrogen) atoms. The van der Waals surface area contributed by atoms with E-state index >= 15 is 0 Å². The van der Waals surface area contributed by atoms with Gasteiger partial charge in [0.1, 0.15) is 11.1 Å². The molecule has 0 bridgehead atoms. The van der Waals surface area contributed by atoms with Crippen LogP contribution in [0.15, 0.2) is 10.5 Å². The molecule has 1 amide bonds. The SMILES string of the molecule is CCc1c(-c2nnc(SCC(=O)Nc3sc4c(c3C#N)CCC(C(C)(C)C)C4)n2C)csc1C. The normalized spacial score (nSPS) is 15.7. The highest BCUT2D eigenvalue weighted by molar-refractivity contribution is 7.99. The fourth-order valence-corrected chi connectivity index (χ4v) is 7.55. The molecule has 0 radical (unpaired) electrons. The molecule has 1 aliphatic carbocycles. The van der Waals surface area contributed by atoms with Crippen molar-refractivity contribution in [2.75, 3.05) is 11.1 Å². The van der Waals surface area contributed by atoms with Crippen LogP contribution in [0.2, 0.25) is 0 Å². The minimum atomic E-state index is -0.127. The van der Waals surface area contributed by atoms with Gasteiger partial charge in [-0.3, -0.25) is 4.79 Å². The van der Waals surface area contributed by atoms with Gasteiger partial charge >= 0.3 is 0 Å². The smallest absolute Gasteiger partial charge is 0.235 e. The van der Waals surface area contributed by atoms with Gasteiger partial charge in [0, 0.05) is 27.7 Å². The molecule has 1 unspecified atom stereocenters. The number of aryl methyl sites for hydroxylation is 1. The summed E-state index contributed by atoms with van der Waals surface area (Å²) in [6, 6.07) is 2.34. The summed E-state index contributed by atoms with van der Waals surface area (Å²) in [6.45, 7) is 11.1. The van der Waals surface area contributed by atoms with E-state index in [0.29, 0.717) is 21.6 Å². The molecule has 0 saturated heterocycles. The van der Waals surface area contributed by atoms with Crippen LogP contribution in [0, 0.1) is 29.6 Å². The third kappa shape index (κ3) is 4.81. The molecule has 3 aromatic rings. The van der Waals surface area contributed by atoms with Gasteiger partial charge in [0.25, 0.3) is 0 Å². The number of amides is 1. The fourth-order valence-electron chi connectivity index (χ4n) is 4.61. The minimum Gasteiger partial charge on any atom is -0.316 e. The molecule has 0 aliphatic heterocycles. The molecule has 1 atom stereocenters. The highest BCUT2D eigenvalue weighted by Crippen LogP contribution is 2.44. The zero-order chi connectivity index (χ0) is 24.6. The van der Waals surface area contributed by atoms with Crippen molar-refractivity contribution >= 4 is 45.3 Å². The number of fused-ring (bicyclic) bond motifs is 1. The van der Waals surface area contributed by atoms with Crippen molar-refractivity contribution in [3.8, 4) is 17.5 Å². The molecule has 3 aromatic heterocycles. The van der Waals surface area contributed by atoms with Gasteiger partial charge in [0.15, 0.2) is 11.0 Å². The third-order valence-corrected chi connectivity index (χ3v) is 9.86. The number of thiophene rings is 2. The van der Waals surface area contributed by atoms with E-state index in [1.165, 1.54) is 27.1 Å². The Morgan fingerprint density at radius 1 is 1.38 bits per heavy atom. The summed E-state index contributed by atoms with van der Waals surface area (Å²) in [5.41, 5.74) is 4.43. The maximum absolute atomic E-state index is 12.8. The average Bonchev–Trinajstić information content (AvgIpc) is 3.44. The van der Waals surface area contributed by atoms with Gasteiger partial charge in [-0.2, -0.15) is 5.26 Å². The molecule has 6 nitrogen and oxygen atoms in total. The van der Waals surface area contributed by atoms with E-state index in [0.717, 1.165) is 42.6 Å². The van der Waals surface area contributed by atoms with E-state index in [9.17, 15) is 10.1 Å². The number of nitriles is 1. The monoisotopic (exact) mass is 513 g/mol. The van der Waals surface area contributed by atoms with Crippen LogP contribution in [0.4, 0.5) is 5.00 Å². The van der Waals surface area contributed by atoms with Crippen LogP contribution in [-0.4, -0.2) is 26.4 Å². The Morgan fingerprint density at radius 2 is 2.15 bits per heavy atom. The topological polar surface area (TPSA) is 83.6 Å². The first kappa shape index (κ1) is 25.0. The third-order valence-electron chi connectivity index (χ3n) is 6.72. The van der Waals surface area contributed by atoms with Gasteiger partial charge in [-0.15, -0.1) is 32.9 Å². The highest BCUT2D eigenvalue weighted by Gasteiger charge is 2.32. The largest absolute Gasteiger partial charge is 0.316 e. The van der Waals surface area contributed by atoms with Crippen LogP contribution < -0.4 is 5.32 Å². The maximum Gasteiger partial charge on any atom is 0.235 e. The van der Waals surface area contributed by atoms with Gasteiger partial charge in [-0.05, 0) is 55.1 Å².